The largest absolute Gasteiger partial charge is 0.480 e. The fourth-order valence-corrected chi connectivity index (χ4v) is 1.47. The number of pyridine rings is 1. The Labute approximate surface area is 112 Å². The second-order valence-electron chi connectivity index (χ2n) is 4.08. The lowest BCUT2D eigenvalue weighted by Crippen LogP contribution is -2.40. The molecule has 1 atom stereocenters. The van der Waals surface area contributed by atoms with E-state index < -0.39 is 29.7 Å². The molecule has 2 N–H and O–H groups in total. The Morgan fingerprint density at radius 3 is 2.45 bits per heavy atom. The summed E-state index contributed by atoms with van der Waals surface area (Å²) in [7, 11) is 0. The van der Waals surface area contributed by atoms with Crippen LogP contribution in [-0.2, 0) is 11.0 Å². The summed E-state index contributed by atoms with van der Waals surface area (Å²) in [6.07, 6.45) is -3.24. The van der Waals surface area contributed by atoms with Crippen molar-refractivity contribution in [1.29, 1.82) is 0 Å². The van der Waals surface area contributed by atoms with E-state index in [0.29, 0.717) is 12.6 Å². The number of carbonyl (C=O) groups excluding carboxylic acids is 1. The number of rotatable bonds is 5. The molecule has 110 valence electrons. The van der Waals surface area contributed by atoms with Crippen molar-refractivity contribution in [3.8, 4) is 0 Å². The van der Waals surface area contributed by atoms with Crippen molar-refractivity contribution in [1.82, 2.24) is 10.3 Å². The van der Waals surface area contributed by atoms with Crippen LogP contribution in [0.5, 0.6) is 0 Å². The van der Waals surface area contributed by atoms with E-state index in [1.54, 1.807) is 6.92 Å². The van der Waals surface area contributed by atoms with Crippen molar-refractivity contribution in [2.24, 2.45) is 0 Å². The predicted molar refractivity (Wildman–Crippen MR) is 63.0 cm³/mol. The third-order valence-corrected chi connectivity index (χ3v) is 2.50. The molecule has 0 bridgehead atoms. The molecule has 0 spiro atoms. The van der Waals surface area contributed by atoms with Crippen molar-refractivity contribution in [3.05, 3.63) is 29.6 Å². The van der Waals surface area contributed by atoms with Crippen LogP contribution in [0.4, 0.5) is 13.2 Å². The zero-order valence-electron chi connectivity index (χ0n) is 10.6. The quantitative estimate of drug-likeness (QED) is 0.870. The van der Waals surface area contributed by atoms with Crippen molar-refractivity contribution < 1.29 is 27.9 Å². The van der Waals surface area contributed by atoms with Gasteiger partial charge in [0, 0.05) is 6.20 Å². The molecule has 1 heterocycles. The summed E-state index contributed by atoms with van der Waals surface area (Å²) in [6, 6.07) is 0.539. The Kier molecular flexibility index (Phi) is 5.06. The lowest BCUT2D eigenvalue weighted by atomic mass is 10.1. The van der Waals surface area contributed by atoms with Crippen molar-refractivity contribution in [2.75, 3.05) is 0 Å². The maximum atomic E-state index is 12.3. The van der Waals surface area contributed by atoms with Gasteiger partial charge in [0.2, 0.25) is 0 Å². The van der Waals surface area contributed by atoms with Crippen LogP contribution in [0.25, 0.3) is 0 Å². The SMILES string of the molecule is CCC[C@H](NC(=O)c1ccc(C(F)(F)F)cn1)C(=O)O. The number of alkyl halides is 3. The number of halogens is 3. The Bertz CT molecular complexity index is 486. The Morgan fingerprint density at radius 2 is 2.05 bits per heavy atom. The first-order chi connectivity index (χ1) is 9.25. The van der Waals surface area contributed by atoms with Gasteiger partial charge in [0.25, 0.3) is 5.91 Å². The van der Waals surface area contributed by atoms with Crippen LogP contribution in [0.2, 0.25) is 0 Å². The van der Waals surface area contributed by atoms with Gasteiger partial charge in [-0.05, 0) is 18.6 Å². The van der Waals surface area contributed by atoms with Gasteiger partial charge in [0.05, 0.1) is 5.56 Å². The third kappa shape index (κ3) is 4.22. The maximum absolute atomic E-state index is 12.3. The number of aromatic nitrogens is 1. The van der Waals surface area contributed by atoms with Gasteiger partial charge in [0.15, 0.2) is 0 Å². The zero-order chi connectivity index (χ0) is 15.3. The second-order valence-corrected chi connectivity index (χ2v) is 4.08. The average Bonchev–Trinajstić information content (AvgIpc) is 2.37. The fourth-order valence-electron chi connectivity index (χ4n) is 1.47. The van der Waals surface area contributed by atoms with E-state index >= 15 is 0 Å². The first-order valence-electron chi connectivity index (χ1n) is 5.82. The molecular formula is C12H13F3N2O3. The summed E-state index contributed by atoms with van der Waals surface area (Å²) in [5.74, 6) is -2.02. The molecule has 1 rings (SSSR count). The smallest absolute Gasteiger partial charge is 0.417 e. The van der Waals surface area contributed by atoms with Gasteiger partial charge in [0.1, 0.15) is 11.7 Å². The summed E-state index contributed by atoms with van der Waals surface area (Å²) in [4.78, 5) is 25.9. The number of nitrogens with zero attached hydrogens (tertiary/aromatic N) is 1. The topological polar surface area (TPSA) is 79.3 Å². The van der Waals surface area contributed by atoms with Crippen LogP contribution < -0.4 is 5.32 Å². The first-order valence-corrected chi connectivity index (χ1v) is 5.82. The molecular weight excluding hydrogens is 277 g/mol. The Balaban J connectivity index is 2.80. The van der Waals surface area contributed by atoms with E-state index in [0.717, 1.165) is 12.1 Å². The number of carboxylic acid groups (broad SMARTS) is 1. The van der Waals surface area contributed by atoms with Gasteiger partial charge in [-0.3, -0.25) is 9.78 Å². The molecule has 20 heavy (non-hydrogen) atoms. The monoisotopic (exact) mass is 290 g/mol. The van der Waals surface area contributed by atoms with Crippen molar-refractivity contribution in [3.63, 3.8) is 0 Å². The molecule has 0 radical (unpaired) electrons. The number of aliphatic carboxylic acids is 1. The maximum Gasteiger partial charge on any atom is 0.417 e. The van der Waals surface area contributed by atoms with Crippen molar-refractivity contribution >= 4 is 11.9 Å². The number of nitrogens with one attached hydrogen (secondary N) is 1. The minimum absolute atomic E-state index is 0.224. The highest BCUT2D eigenvalue weighted by Gasteiger charge is 2.31. The number of carboxylic acids is 1. The van der Waals surface area contributed by atoms with Gasteiger partial charge >= 0.3 is 12.1 Å². The molecule has 0 unspecified atom stereocenters. The molecule has 5 nitrogen and oxygen atoms in total. The summed E-state index contributed by atoms with van der Waals surface area (Å²) in [5, 5.41) is 11.1. The predicted octanol–water partition coefficient (Wildman–Crippen LogP) is 2.08. The molecule has 0 aromatic carbocycles. The normalized spacial score (nSPS) is 12.8. The van der Waals surface area contributed by atoms with E-state index in [1.165, 1.54) is 0 Å². The molecule has 0 saturated heterocycles. The summed E-state index contributed by atoms with van der Waals surface area (Å²) >= 11 is 0. The lowest BCUT2D eigenvalue weighted by molar-refractivity contribution is -0.139. The second kappa shape index (κ2) is 6.36. The van der Waals surface area contributed by atoms with Crippen molar-refractivity contribution in [2.45, 2.75) is 32.0 Å². The number of hydrogen-bond acceptors (Lipinski definition) is 3. The lowest BCUT2D eigenvalue weighted by Gasteiger charge is -2.13. The van der Waals surface area contributed by atoms with E-state index in [9.17, 15) is 22.8 Å². The molecule has 1 amide bonds. The zero-order valence-corrected chi connectivity index (χ0v) is 10.6. The minimum atomic E-state index is -4.53. The molecule has 0 saturated carbocycles. The van der Waals surface area contributed by atoms with Gasteiger partial charge in [-0.15, -0.1) is 0 Å². The number of hydrogen-bond donors (Lipinski definition) is 2. The van der Waals surface area contributed by atoms with Crippen LogP contribution in [0.3, 0.4) is 0 Å². The van der Waals surface area contributed by atoms with E-state index in [1.807, 2.05) is 0 Å². The first kappa shape index (κ1) is 15.9. The molecule has 0 fully saturated rings. The van der Waals surface area contributed by atoms with Gasteiger partial charge in [-0.25, -0.2) is 4.79 Å². The van der Waals surface area contributed by atoms with E-state index in [4.69, 9.17) is 5.11 Å². The van der Waals surface area contributed by atoms with Crippen LogP contribution >= 0.6 is 0 Å². The van der Waals surface area contributed by atoms with E-state index in [2.05, 4.69) is 10.3 Å². The fraction of sp³-hybridized carbons (Fsp3) is 0.417. The summed E-state index contributed by atoms with van der Waals surface area (Å²) in [5.41, 5.74) is -1.24. The third-order valence-electron chi connectivity index (χ3n) is 2.50. The molecule has 0 aliphatic rings. The molecule has 1 aromatic heterocycles. The summed E-state index contributed by atoms with van der Waals surface area (Å²) < 4.78 is 37.0. The molecule has 1 aromatic rings. The van der Waals surface area contributed by atoms with Crippen LogP contribution in [0.15, 0.2) is 18.3 Å². The van der Waals surface area contributed by atoms with E-state index in [-0.39, 0.29) is 12.1 Å². The van der Waals surface area contributed by atoms with Crippen LogP contribution in [0, 0.1) is 0 Å². The highest BCUT2D eigenvalue weighted by Crippen LogP contribution is 2.28. The minimum Gasteiger partial charge on any atom is -0.480 e. The highest BCUT2D eigenvalue weighted by molar-refractivity contribution is 5.94. The van der Waals surface area contributed by atoms with Gasteiger partial charge < -0.3 is 10.4 Å². The Morgan fingerprint density at radius 1 is 1.40 bits per heavy atom. The molecule has 0 aliphatic carbocycles. The highest BCUT2D eigenvalue weighted by atomic mass is 19.4. The number of carbonyl (C=O) groups is 2. The standard InChI is InChI=1S/C12H13F3N2O3/c1-2-3-9(11(19)20)17-10(18)8-5-4-7(6-16-8)12(13,14)15/h4-6,9H,2-3H2,1H3,(H,17,18)(H,19,20)/t9-/m0/s1. The van der Waals surface area contributed by atoms with Crippen LogP contribution in [0.1, 0.15) is 35.8 Å². The van der Waals surface area contributed by atoms with Gasteiger partial charge in [-0.1, -0.05) is 13.3 Å². The average molecular weight is 290 g/mol. The molecule has 0 aliphatic heterocycles. The summed E-state index contributed by atoms with van der Waals surface area (Å²) in [6.45, 7) is 1.75. The molecule has 8 heteroatoms. The van der Waals surface area contributed by atoms with Gasteiger partial charge in [-0.2, -0.15) is 13.2 Å². The Hall–Kier alpha value is -2.12. The number of amides is 1. The van der Waals surface area contributed by atoms with Crippen LogP contribution in [-0.4, -0.2) is 28.0 Å².